The van der Waals surface area contributed by atoms with Crippen molar-refractivity contribution < 1.29 is 19.4 Å². The molecule has 0 saturated carbocycles. The molecule has 5 rings (SSSR count). The van der Waals surface area contributed by atoms with E-state index in [4.69, 9.17) is 9.47 Å². The fourth-order valence-corrected chi connectivity index (χ4v) is 5.05. The predicted molar refractivity (Wildman–Crippen MR) is 152 cm³/mol. The van der Waals surface area contributed by atoms with Crippen LogP contribution in [0.1, 0.15) is 47.1 Å². The average molecular weight is 550 g/mol. The summed E-state index contributed by atoms with van der Waals surface area (Å²) in [6.45, 7) is 3.47. The number of carboxylic acids is 1. The Bertz CT molecular complexity index is 1550. The molecule has 4 aromatic rings. The maximum absolute atomic E-state index is 11.9. The van der Waals surface area contributed by atoms with Crippen molar-refractivity contribution in [3.63, 3.8) is 0 Å². The van der Waals surface area contributed by atoms with Crippen LogP contribution in [-0.2, 0) is 24.6 Å². The third-order valence-corrected chi connectivity index (χ3v) is 7.26. The Kier molecular flexibility index (Phi) is 8.82. The molecule has 2 aromatic carbocycles. The third kappa shape index (κ3) is 6.86. The van der Waals surface area contributed by atoms with Crippen molar-refractivity contribution >= 4 is 5.97 Å². The fourth-order valence-electron chi connectivity index (χ4n) is 5.05. The van der Waals surface area contributed by atoms with Crippen LogP contribution in [0.5, 0.6) is 11.9 Å². The molecule has 1 fully saturated rings. The minimum absolute atomic E-state index is 0.132. The maximum Gasteiger partial charge on any atom is 0.320 e. The molecule has 1 unspecified atom stereocenters. The Balaban J connectivity index is 1.37. The largest absolute Gasteiger partial charge is 0.480 e. The minimum atomic E-state index is -0.833. The lowest BCUT2D eigenvalue weighted by atomic mass is 9.97. The van der Waals surface area contributed by atoms with Crippen LogP contribution in [0.25, 0.3) is 11.1 Å². The van der Waals surface area contributed by atoms with Gasteiger partial charge in [-0.3, -0.25) is 14.7 Å². The van der Waals surface area contributed by atoms with E-state index in [1.807, 2.05) is 35.2 Å². The van der Waals surface area contributed by atoms with Gasteiger partial charge in [0.25, 0.3) is 0 Å². The van der Waals surface area contributed by atoms with E-state index in [0.29, 0.717) is 42.1 Å². The van der Waals surface area contributed by atoms with Gasteiger partial charge in [-0.2, -0.15) is 10.2 Å². The summed E-state index contributed by atoms with van der Waals surface area (Å²) in [6, 6.07) is 19.7. The summed E-state index contributed by atoms with van der Waals surface area (Å²) in [6.07, 6.45) is 7.17. The van der Waals surface area contributed by atoms with Gasteiger partial charge < -0.3 is 14.6 Å². The second kappa shape index (κ2) is 13.0. The molecule has 1 saturated heterocycles. The third-order valence-electron chi connectivity index (χ3n) is 7.26. The van der Waals surface area contributed by atoms with Crippen molar-refractivity contribution in [2.45, 2.75) is 52.0 Å². The highest BCUT2D eigenvalue weighted by Crippen LogP contribution is 2.28. The van der Waals surface area contributed by atoms with Crippen molar-refractivity contribution in [2.75, 3.05) is 6.54 Å². The zero-order chi connectivity index (χ0) is 28.6. The number of carboxylic acid groups (broad SMARTS) is 1. The van der Waals surface area contributed by atoms with Crippen molar-refractivity contribution in [1.82, 2.24) is 19.9 Å². The summed E-state index contributed by atoms with van der Waals surface area (Å²) >= 11 is 0. The van der Waals surface area contributed by atoms with Gasteiger partial charge in [0.15, 0.2) is 0 Å². The summed E-state index contributed by atoms with van der Waals surface area (Å²) < 4.78 is 12.1. The van der Waals surface area contributed by atoms with Crippen LogP contribution in [0, 0.1) is 18.3 Å². The lowest BCUT2D eigenvalue weighted by Crippen LogP contribution is -2.44. The molecule has 9 nitrogen and oxygen atoms in total. The van der Waals surface area contributed by atoms with E-state index in [2.05, 4.69) is 46.1 Å². The number of nitrogens with zero attached hydrogens (tertiary/aromatic N) is 5. The Morgan fingerprint density at radius 1 is 1.05 bits per heavy atom. The molecule has 0 amide bonds. The molecular weight excluding hydrogens is 518 g/mol. The number of likely N-dealkylation sites (tertiary alicyclic amines) is 1. The van der Waals surface area contributed by atoms with E-state index in [1.165, 1.54) is 6.20 Å². The number of benzene rings is 2. The van der Waals surface area contributed by atoms with Gasteiger partial charge in [-0.15, -0.1) is 0 Å². The van der Waals surface area contributed by atoms with E-state index in [0.717, 1.165) is 35.1 Å². The molecule has 9 heteroatoms. The molecule has 0 bridgehead atoms. The molecule has 208 valence electrons. The van der Waals surface area contributed by atoms with Gasteiger partial charge in [-0.05, 0) is 54.6 Å². The number of carbonyl (C=O) groups is 1. The molecular formula is C32H31N5O4. The molecule has 41 heavy (non-hydrogen) atoms. The highest BCUT2D eigenvalue weighted by Gasteiger charge is 2.29. The van der Waals surface area contributed by atoms with Gasteiger partial charge in [-0.25, -0.2) is 4.98 Å². The van der Waals surface area contributed by atoms with Crippen molar-refractivity contribution in [2.24, 2.45) is 0 Å². The van der Waals surface area contributed by atoms with Crippen LogP contribution in [0.15, 0.2) is 73.2 Å². The number of hydrogen-bond donors (Lipinski definition) is 1. The van der Waals surface area contributed by atoms with Crippen molar-refractivity contribution in [1.29, 1.82) is 5.26 Å². The number of rotatable bonds is 10. The molecule has 2 aromatic heterocycles. The number of ether oxygens (including phenoxy) is 2. The molecule has 1 aliphatic rings. The van der Waals surface area contributed by atoms with Crippen LogP contribution in [0.2, 0.25) is 0 Å². The number of aliphatic carboxylic acids is 1. The molecule has 1 N–H and O–H groups in total. The molecule has 0 radical (unpaired) electrons. The van der Waals surface area contributed by atoms with Gasteiger partial charge in [0.05, 0.1) is 5.56 Å². The Morgan fingerprint density at radius 2 is 1.90 bits per heavy atom. The molecule has 3 heterocycles. The molecule has 1 atom stereocenters. The van der Waals surface area contributed by atoms with E-state index in [9.17, 15) is 15.2 Å². The molecule has 1 aliphatic heterocycles. The second-order valence-corrected chi connectivity index (χ2v) is 10.0. The van der Waals surface area contributed by atoms with Crippen LogP contribution in [0.4, 0.5) is 0 Å². The van der Waals surface area contributed by atoms with Gasteiger partial charge in [0.1, 0.15) is 25.3 Å². The predicted octanol–water partition coefficient (Wildman–Crippen LogP) is 5.32. The fraction of sp³-hybridized carbons (Fsp3) is 0.281. The molecule has 0 aliphatic carbocycles. The van der Waals surface area contributed by atoms with Crippen LogP contribution < -0.4 is 9.47 Å². The van der Waals surface area contributed by atoms with Gasteiger partial charge >= 0.3 is 12.0 Å². The highest BCUT2D eigenvalue weighted by atomic mass is 16.5. The van der Waals surface area contributed by atoms with Gasteiger partial charge in [0, 0.05) is 36.3 Å². The van der Waals surface area contributed by atoms with E-state index in [-0.39, 0.29) is 19.2 Å². The normalized spacial score (nSPS) is 15.2. The van der Waals surface area contributed by atoms with Gasteiger partial charge in [0.2, 0.25) is 5.88 Å². The number of piperidine rings is 1. The summed E-state index contributed by atoms with van der Waals surface area (Å²) in [5.74, 6) is -0.526. The zero-order valence-corrected chi connectivity index (χ0v) is 22.9. The number of aromatic nitrogens is 3. The van der Waals surface area contributed by atoms with Crippen LogP contribution in [-0.4, -0.2) is 43.5 Å². The summed E-state index contributed by atoms with van der Waals surface area (Å²) in [5.41, 5.74) is 6.21. The standard InChI is InChI=1S/C32H31N5O4/c1-22-26(10-7-11-28(22)25-8-3-2-4-9-25)21-41-32-35-18-27(19-37-13-6-5-12-29(37)31(38)39)30(36-32)40-20-24-14-23(15-33)16-34-17-24/h2-4,7-11,14,16-18,29H,5-6,12-13,19-21H2,1H3,(H,38,39). The first-order valence-corrected chi connectivity index (χ1v) is 13.6. The number of pyridine rings is 1. The first-order valence-electron chi connectivity index (χ1n) is 13.6. The number of nitriles is 1. The summed E-state index contributed by atoms with van der Waals surface area (Å²) in [5, 5.41) is 18.9. The van der Waals surface area contributed by atoms with Crippen molar-refractivity contribution in [3.05, 3.63) is 101 Å². The first-order chi connectivity index (χ1) is 20.0. The average Bonchev–Trinajstić information content (AvgIpc) is 3.01. The van der Waals surface area contributed by atoms with Crippen molar-refractivity contribution in [3.8, 4) is 29.1 Å². The Labute approximate surface area is 239 Å². The Morgan fingerprint density at radius 3 is 2.71 bits per heavy atom. The monoisotopic (exact) mass is 549 g/mol. The molecule has 0 spiro atoms. The highest BCUT2D eigenvalue weighted by molar-refractivity contribution is 5.73. The van der Waals surface area contributed by atoms with E-state index < -0.39 is 12.0 Å². The van der Waals surface area contributed by atoms with Gasteiger partial charge in [-0.1, -0.05) is 55.0 Å². The minimum Gasteiger partial charge on any atom is -0.480 e. The second-order valence-electron chi connectivity index (χ2n) is 10.0. The van der Waals surface area contributed by atoms with Crippen LogP contribution in [0.3, 0.4) is 0 Å². The number of hydrogen-bond acceptors (Lipinski definition) is 8. The lowest BCUT2D eigenvalue weighted by Gasteiger charge is -2.32. The topological polar surface area (TPSA) is 121 Å². The van der Waals surface area contributed by atoms with Crippen LogP contribution >= 0.6 is 0 Å². The lowest BCUT2D eigenvalue weighted by molar-refractivity contribution is -0.144. The summed E-state index contributed by atoms with van der Waals surface area (Å²) in [4.78, 5) is 26.9. The van der Waals surface area contributed by atoms with E-state index in [1.54, 1.807) is 18.5 Å². The quantitative estimate of drug-likeness (QED) is 0.280. The summed E-state index contributed by atoms with van der Waals surface area (Å²) in [7, 11) is 0. The Hall–Kier alpha value is -4.81. The smallest absolute Gasteiger partial charge is 0.320 e. The SMILES string of the molecule is Cc1c(COc2ncc(CN3CCCCC3C(=O)O)c(OCc3cncc(C#N)c3)n2)cccc1-c1ccccc1. The zero-order valence-electron chi connectivity index (χ0n) is 22.9. The maximum atomic E-state index is 11.9. The van der Waals surface area contributed by atoms with E-state index >= 15 is 0 Å². The first kappa shape index (κ1) is 27.7.